The maximum atomic E-state index is 11.1. The first-order valence-electron chi connectivity index (χ1n) is 6.59. The van der Waals surface area contributed by atoms with E-state index >= 15 is 0 Å². The molecule has 20 heavy (non-hydrogen) atoms. The number of rotatable bonds is 3. The van der Waals surface area contributed by atoms with E-state index in [0.717, 1.165) is 22.0 Å². The lowest BCUT2D eigenvalue weighted by molar-refractivity contribution is -0.117. The summed E-state index contributed by atoms with van der Waals surface area (Å²) in [6.07, 6.45) is 2.12. The molecule has 1 aromatic heterocycles. The van der Waals surface area contributed by atoms with Crippen LogP contribution in [0.4, 0.5) is 0 Å². The van der Waals surface area contributed by atoms with Crippen molar-refractivity contribution < 1.29 is 4.79 Å². The van der Waals surface area contributed by atoms with E-state index in [1.54, 1.807) is 0 Å². The van der Waals surface area contributed by atoms with Gasteiger partial charge in [0.2, 0.25) is 5.91 Å². The van der Waals surface area contributed by atoms with Crippen LogP contribution in [0.3, 0.4) is 0 Å². The third-order valence-corrected chi connectivity index (χ3v) is 3.48. The van der Waals surface area contributed by atoms with Gasteiger partial charge in [0.05, 0.1) is 6.42 Å². The molecule has 0 spiro atoms. The van der Waals surface area contributed by atoms with Gasteiger partial charge in [0.15, 0.2) is 0 Å². The molecule has 2 aromatic carbocycles. The number of carbonyl (C=O) groups is 1. The van der Waals surface area contributed by atoms with E-state index in [4.69, 9.17) is 5.73 Å². The first-order chi connectivity index (χ1) is 9.63. The number of carbonyl (C=O) groups excluding carboxylic acids is 1. The van der Waals surface area contributed by atoms with Crippen molar-refractivity contribution in [3.63, 3.8) is 0 Å². The molecule has 3 N–H and O–H groups in total. The topological polar surface area (TPSA) is 58.9 Å². The van der Waals surface area contributed by atoms with Crippen LogP contribution in [-0.2, 0) is 11.2 Å². The van der Waals surface area contributed by atoms with Gasteiger partial charge in [-0.2, -0.15) is 0 Å². The summed E-state index contributed by atoms with van der Waals surface area (Å²) in [6, 6.07) is 14.6. The fraction of sp³-hybridized carbons (Fsp3) is 0.118. The molecule has 0 fully saturated rings. The summed E-state index contributed by atoms with van der Waals surface area (Å²) in [5.74, 6) is -0.313. The molecule has 0 saturated heterocycles. The van der Waals surface area contributed by atoms with Gasteiger partial charge in [0, 0.05) is 17.1 Å². The average molecular weight is 264 g/mol. The van der Waals surface area contributed by atoms with Gasteiger partial charge in [-0.25, -0.2) is 0 Å². The Kier molecular flexibility index (Phi) is 3.03. The van der Waals surface area contributed by atoms with Crippen molar-refractivity contribution in [3.05, 3.63) is 59.8 Å². The second-order valence-corrected chi connectivity index (χ2v) is 5.09. The van der Waals surface area contributed by atoms with Crippen LogP contribution in [0.2, 0.25) is 0 Å². The predicted molar refractivity (Wildman–Crippen MR) is 81.4 cm³/mol. The number of benzene rings is 2. The van der Waals surface area contributed by atoms with Crippen molar-refractivity contribution in [1.82, 2.24) is 4.98 Å². The van der Waals surface area contributed by atoms with Crippen molar-refractivity contribution in [1.29, 1.82) is 0 Å². The normalized spacial score (nSPS) is 10.8. The summed E-state index contributed by atoms with van der Waals surface area (Å²) < 4.78 is 0. The van der Waals surface area contributed by atoms with Gasteiger partial charge in [0.1, 0.15) is 0 Å². The fourth-order valence-corrected chi connectivity index (χ4v) is 2.52. The van der Waals surface area contributed by atoms with Crippen molar-refractivity contribution in [2.75, 3.05) is 0 Å². The lowest BCUT2D eigenvalue weighted by Crippen LogP contribution is -2.13. The first kappa shape index (κ1) is 12.5. The second kappa shape index (κ2) is 4.85. The molecular formula is C17H16N2O. The molecule has 0 bridgehead atoms. The van der Waals surface area contributed by atoms with E-state index in [1.807, 2.05) is 12.3 Å². The molecule has 100 valence electrons. The summed E-state index contributed by atoms with van der Waals surface area (Å²) in [6.45, 7) is 2.08. The molecule has 1 heterocycles. The highest BCUT2D eigenvalue weighted by Gasteiger charge is 2.08. The molecule has 1 amide bonds. The summed E-state index contributed by atoms with van der Waals surface area (Å²) in [7, 11) is 0. The van der Waals surface area contributed by atoms with Crippen LogP contribution >= 0.6 is 0 Å². The molecule has 0 aliphatic carbocycles. The van der Waals surface area contributed by atoms with Gasteiger partial charge in [-0.3, -0.25) is 4.79 Å². The number of fused-ring (bicyclic) bond motifs is 1. The highest BCUT2D eigenvalue weighted by molar-refractivity contribution is 5.91. The zero-order valence-electron chi connectivity index (χ0n) is 11.3. The van der Waals surface area contributed by atoms with Gasteiger partial charge < -0.3 is 10.7 Å². The van der Waals surface area contributed by atoms with E-state index < -0.39 is 0 Å². The Labute approximate surface area is 117 Å². The Balaban J connectivity index is 2.11. The lowest BCUT2D eigenvalue weighted by atomic mass is 10.0. The van der Waals surface area contributed by atoms with E-state index in [1.165, 1.54) is 11.1 Å². The number of aromatic nitrogens is 1. The quantitative estimate of drug-likeness (QED) is 0.750. The number of nitrogens with one attached hydrogen (secondary N) is 1. The SMILES string of the molecule is Cc1cccc(-c2ccc3[nH]cc(CC(N)=O)c3c2)c1. The molecule has 0 radical (unpaired) electrons. The minimum atomic E-state index is -0.313. The minimum absolute atomic E-state index is 0.261. The summed E-state index contributed by atoms with van der Waals surface area (Å²) in [5, 5.41) is 1.06. The first-order valence-corrected chi connectivity index (χ1v) is 6.59. The smallest absolute Gasteiger partial charge is 0.221 e. The number of primary amides is 1. The highest BCUT2D eigenvalue weighted by Crippen LogP contribution is 2.27. The van der Waals surface area contributed by atoms with Crippen LogP contribution in [-0.4, -0.2) is 10.9 Å². The van der Waals surface area contributed by atoms with Crippen LogP contribution in [0.1, 0.15) is 11.1 Å². The number of aromatic amines is 1. The van der Waals surface area contributed by atoms with E-state index in [9.17, 15) is 4.79 Å². The molecule has 3 heteroatoms. The molecular weight excluding hydrogens is 248 g/mol. The predicted octanol–water partition coefficient (Wildman–Crippen LogP) is 3.17. The van der Waals surface area contributed by atoms with Crippen molar-refractivity contribution in [2.24, 2.45) is 5.73 Å². The number of hydrogen-bond donors (Lipinski definition) is 2. The average Bonchev–Trinajstić information content (AvgIpc) is 2.80. The number of aryl methyl sites for hydroxylation is 1. The van der Waals surface area contributed by atoms with Crippen LogP contribution in [0.5, 0.6) is 0 Å². The van der Waals surface area contributed by atoms with Gasteiger partial charge in [0.25, 0.3) is 0 Å². The maximum Gasteiger partial charge on any atom is 0.221 e. The molecule has 0 saturated carbocycles. The minimum Gasteiger partial charge on any atom is -0.369 e. The summed E-state index contributed by atoms with van der Waals surface area (Å²) >= 11 is 0. The van der Waals surface area contributed by atoms with Crippen molar-refractivity contribution >= 4 is 16.8 Å². The molecule has 0 aliphatic rings. The summed E-state index contributed by atoms with van der Waals surface area (Å²) in [4.78, 5) is 14.3. The molecule has 3 nitrogen and oxygen atoms in total. The van der Waals surface area contributed by atoms with Crippen LogP contribution in [0.25, 0.3) is 22.0 Å². The van der Waals surface area contributed by atoms with Gasteiger partial charge in [-0.05, 0) is 35.7 Å². The molecule has 0 atom stereocenters. The highest BCUT2D eigenvalue weighted by atomic mass is 16.1. The zero-order chi connectivity index (χ0) is 14.1. The largest absolute Gasteiger partial charge is 0.369 e. The van der Waals surface area contributed by atoms with Gasteiger partial charge in [-0.1, -0.05) is 35.9 Å². The molecule has 3 aromatic rings. The monoisotopic (exact) mass is 264 g/mol. The third kappa shape index (κ3) is 2.30. The maximum absolute atomic E-state index is 11.1. The number of amides is 1. The number of H-pyrrole nitrogens is 1. The van der Waals surface area contributed by atoms with Gasteiger partial charge >= 0.3 is 0 Å². The lowest BCUT2D eigenvalue weighted by Gasteiger charge is -2.04. The van der Waals surface area contributed by atoms with Crippen molar-refractivity contribution in [3.8, 4) is 11.1 Å². The van der Waals surface area contributed by atoms with Crippen molar-refractivity contribution in [2.45, 2.75) is 13.3 Å². The Hall–Kier alpha value is -2.55. The van der Waals surface area contributed by atoms with E-state index in [2.05, 4.69) is 48.3 Å². The third-order valence-electron chi connectivity index (χ3n) is 3.48. The standard InChI is InChI=1S/C17H16N2O/c1-11-3-2-4-12(7-11)13-5-6-16-15(8-13)14(10-19-16)9-17(18)20/h2-8,10,19H,9H2,1H3,(H2,18,20). The molecule has 0 unspecified atom stereocenters. The van der Waals surface area contributed by atoms with E-state index in [0.29, 0.717) is 0 Å². The zero-order valence-corrected chi connectivity index (χ0v) is 11.3. The Morgan fingerprint density at radius 1 is 1.15 bits per heavy atom. The number of hydrogen-bond acceptors (Lipinski definition) is 1. The second-order valence-electron chi connectivity index (χ2n) is 5.09. The van der Waals surface area contributed by atoms with Crippen LogP contribution in [0, 0.1) is 6.92 Å². The molecule has 0 aliphatic heterocycles. The molecule has 3 rings (SSSR count). The number of nitrogens with two attached hydrogens (primary N) is 1. The Morgan fingerprint density at radius 3 is 2.70 bits per heavy atom. The van der Waals surface area contributed by atoms with Crippen LogP contribution < -0.4 is 5.73 Å². The summed E-state index contributed by atoms with van der Waals surface area (Å²) in [5.41, 5.74) is 10.8. The van der Waals surface area contributed by atoms with E-state index in [-0.39, 0.29) is 12.3 Å². The Morgan fingerprint density at radius 2 is 1.95 bits per heavy atom. The Bertz CT molecular complexity index is 787. The van der Waals surface area contributed by atoms with Crippen LogP contribution in [0.15, 0.2) is 48.7 Å². The van der Waals surface area contributed by atoms with Gasteiger partial charge in [-0.15, -0.1) is 0 Å². The fourth-order valence-electron chi connectivity index (χ4n) is 2.52.